The zero-order valence-corrected chi connectivity index (χ0v) is 10.5. The zero-order valence-electron chi connectivity index (χ0n) is 10.5. The molecule has 94 valence electrons. The van der Waals surface area contributed by atoms with Crippen LogP contribution < -0.4 is 5.73 Å². The van der Waals surface area contributed by atoms with Gasteiger partial charge in [0.15, 0.2) is 0 Å². The number of methoxy groups -OCH3 is 1. The van der Waals surface area contributed by atoms with E-state index in [1.54, 1.807) is 31.5 Å². The lowest BCUT2D eigenvalue weighted by Crippen LogP contribution is -2.41. The van der Waals surface area contributed by atoms with E-state index in [9.17, 15) is 4.79 Å². The minimum atomic E-state index is -0.174. The Balaban J connectivity index is 2.63. The number of rotatable bonds is 5. The Morgan fingerprint density at radius 1 is 1.59 bits per heavy atom. The summed E-state index contributed by atoms with van der Waals surface area (Å²) >= 11 is 0. The molecule has 1 aromatic rings. The van der Waals surface area contributed by atoms with E-state index in [1.807, 2.05) is 13.0 Å². The van der Waals surface area contributed by atoms with Gasteiger partial charge < -0.3 is 15.4 Å². The number of pyridine rings is 1. The fourth-order valence-electron chi connectivity index (χ4n) is 1.59. The summed E-state index contributed by atoms with van der Waals surface area (Å²) in [6.07, 6.45) is 3.28. The van der Waals surface area contributed by atoms with Crippen LogP contribution in [0.3, 0.4) is 0 Å². The monoisotopic (exact) mass is 237 g/mol. The highest BCUT2D eigenvalue weighted by atomic mass is 16.5. The fourth-order valence-corrected chi connectivity index (χ4v) is 1.59. The van der Waals surface area contributed by atoms with Crippen molar-refractivity contribution in [3.8, 4) is 0 Å². The number of hydrogen-bond donors (Lipinski definition) is 1. The van der Waals surface area contributed by atoms with Crippen LogP contribution in [0.1, 0.15) is 15.9 Å². The summed E-state index contributed by atoms with van der Waals surface area (Å²) in [4.78, 5) is 17.6. The van der Waals surface area contributed by atoms with Gasteiger partial charge in [-0.25, -0.2) is 0 Å². The molecule has 5 nitrogen and oxygen atoms in total. The van der Waals surface area contributed by atoms with Gasteiger partial charge in [-0.2, -0.15) is 0 Å². The van der Waals surface area contributed by atoms with Crippen molar-refractivity contribution in [2.45, 2.75) is 13.0 Å². The van der Waals surface area contributed by atoms with Crippen LogP contribution >= 0.6 is 0 Å². The molecule has 0 saturated carbocycles. The van der Waals surface area contributed by atoms with E-state index < -0.39 is 0 Å². The molecule has 0 aromatic carbocycles. The molecular formula is C12H19N3O2. The third-order valence-electron chi connectivity index (χ3n) is 2.36. The first kappa shape index (κ1) is 13.6. The lowest BCUT2D eigenvalue weighted by molar-refractivity contribution is 0.0764. The van der Waals surface area contributed by atoms with E-state index >= 15 is 0 Å². The van der Waals surface area contributed by atoms with Crippen LogP contribution in [0.25, 0.3) is 0 Å². The van der Waals surface area contributed by atoms with Crippen LogP contribution in [0.15, 0.2) is 18.5 Å². The van der Waals surface area contributed by atoms with Crippen molar-refractivity contribution < 1.29 is 9.53 Å². The Kier molecular flexibility index (Phi) is 5.06. The molecule has 0 spiro atoms. The average molecular weight is 237 g/mol. The number of carbonyl (C=O) groups is 1. The summed E-state index contributed by atoms with van der Waals surface area (Å²) in [6.45, 7) is 2.80. The van der Waals surface area contributed by atoms with Crippen LogP contribution in [-0.2, 0) is 4.74 Å². The molecule has 2 N–H and O–H groups in total. The van der Waals surface area contributed by atoms with Crippen LogP contribution in [0.2, 0.25) is 0 Å². The molecule has 0 aliphatic carbocycles. The number of nitrogens with zero attached hydrogens (tertiary/aromatic N) is 2. The molecule has 1 atom stereocenters. The van der Waals surface area contributed by atoms with Gasteiger partial charge in [-0.3, -0.25) is 9.78 Å². The van der Waals surface area contributed by atoms with Crippen LogP contribution in [-0.4, -0.2) is 49.1 Å². The number of amides is 1. The highest BCUT2D eigenvalue weighted by Crippen LogP contribution is 2.05. The van der Waals surface area contributed by atoms with E-state index in [-0.39, 0.29) is 11.9 Å². The summed E-state index contributed by atoms with van der Waals surface area (Å²) in [5.41, 5.74) is 7.34. The van der Waals surface area contributed by atoms with Gasteiger partial charge in [-0.1, -0.05) is 0 Å². The second-order valence-corrected chi connectivity index (χ2v) is 4.15. The molecule has 0 radical (unpaired) electrons. The van der Waals surface area contributed by atoms with Crippen molar-refractivity contribution >= 4 is 5.91 Å². The van der Waals surface area contributed by atoms with E-state index in [2.05, 4.69) is 4.98 Å². The first-order valence-electron chi connectivity index (χ1n) is 5.46. The second kappa shape index (κ2) is 6.32. The summed E-state index contributed by atoms with van der Waals surface area (Å²) < 4.78 is 4.93. The molecule has 17 heavy (non-hydrogen) atoms. The molecule has 0 fully saturated rings. The van der Waals surface area contributed by atoms with Crippen LogP contribution in [0, 0.1) is 6.92 Å². The number of ether oxygens (including phenoxy) is 1. The van der Waals surface area contributed by atoms with Gasteiger partial charge in [-0.05, 0) is 18.6 Å². The largest absolute Gasteiger partial charge is 0.383 e. The molecule has 1 aromatic heterocycles. The Hall–Kier alpha value is -1.46. The van der Waals surface area contributed by atoms with Gasteiger partial charge in [-0.15, -0.1) is 0 Å². The van der Waals surface area contributed by atoms with Crippen molar-refractivity contribution in [2.75, 3.05) is 27.3 Å². The minimum Gasteiger partial charge on any atom is -0.383 e. The maximum absolute atomic E-state index is 12.0. The highest BCUT2D eigenvalue weighted by Gasteiger charge is 2.14. The quantitative estimate of drug-likeness (QED) is 0.806. The molecule has 0 saturated heterocycles. The zero-order chi connectivity index (χ0) is 12.8. The fraction of sp³-hybridized carbons (Fsp3) is 0.500. The summed E-state index contributed by atoms with van der Waals surface area (Å²) in [6, 6.07) is 1.64. The van der Waals surface area contributed by atoms with Gasteiger partial charge >= 0.3 is 0 Å². The number of nitrogens with two attached hydrogens (primary N) is 1. The third kappa shape index (κ3) is 4.13. The van der Waals surface area contributed by atoms with Crippen LogP contribution in [0.5, 0.6) is 0 Å². The number of aromatic nitrogens is 1. The van der Waals surface area contributed by atoms with Gasteiger partial charge in [0.1, 0.15) is 0 Å². The molecular weight excluding hydrogens is 218 g/mol. The van der Waals surface area contributed by atoms with E-state index in [0.717, 1.165) is 5.56 Å². The van der Waals surface area contributed by atoms with Crippen molar-refractivity contribution in [1.29, 1.82) is 0 Å². The topological polar surface area (TPSA) is 68.5 Å². The number of aryl methyl sites for hydroxylation is 1. The maximum atomic E-state index is 12.0. The van der Waals surface area contributed by atoms with Crippen molar-refractivity contribution in [1.82, 2.24) is 9.88 Å². The smallest absolute Gasteiger partial charge is 0.255 e. The number of carbonyl (C=O) groups excluding carboxylic acids is 1. The second-order valence-electron chi connectivity index (χ2n) is 4.15. The molecule has 5 heteroatoms. The first-order chi connectivity index (χ1) is 8.04. The van der Waals surface area contributed by atoms with Crippen LogP contribution in [0.4, 0.5) is 0 Å². The molecule has 1 unspecified atom stereocenters. The summed E-state index contributed by atoms with van der Waals surface area (Å²) in [5, 5.41) is 0. The molecule has 1 rings (SSSR count). The van der Waals surface area contributed by atoms with E-state index in [1.165, 1.54) is 0 Å². The van der Waals surface area contributed by atoms with Crippen molar-refractivity contribution in [3.05, 3.63) is 29.6 Å². The Labute approximate surface area is 102 Å². The van der Waals surface area contributed by atoms with E-state index in [4.69, 9.17) is 10.5 Å². The number of hydrogen-bond acceptors (Lipinski definition) is 4. The van der Waals surface area contributed by atoms with Gasteiger partial charge in [0.05, 0.1) is 12.2 Å². The SMILES string of the molecule is COCC(N)CN(C)C(=O)c1cncc(C)c1. The minimum absolute atomic E-state index is 0.0762. The Bertz CT molecular complexity index is 382. The third-order valence-corrected chi connectivity index (χ3v) is 2.36. The molecule has 0 aliphatic heterocycles. The summed E-state index contributed by atoms with van der Waals surface area (Å²) in [7, 11) is 3.31. The first-order valence-corrected chi connectivity index (χ1v) is 5.46. The number of likely N-dealkylation sites (N-methyl/N-ethyl adjacent to an activating group) is 1. The highest BCUT2D eigenvalue weighted by molar-refractivity contribution is 5.93. The maximum Gasteiger partial charge on any atom is 0.255 e. The van der Waals surface area contributed by atoms with Crippen molar-refractivity contribution in [3.63, 3.8) is 0 Å². The predicted molar refractivity (Wildman–Crippen MR) is 65.8 cm³/mol. The standard InChI is InChI=1S/C12H19N3O2/c1-9-4-10(6-14-5-9)12(16)15(2)7-11(13)8-17-3/h4-6,11H,7-8,13H2,1-3H3. The predicted octanol–water partition coefficient (Wildman–Crippen LogP) is 0.436. The molecule has 0 aliphatic rings. The Morgan fingerprint density at radius 3 is 2.88 bits per heavy atom. The van der Waals surface area contributed by atoms with E-state index in [0.29, 0.717) is 18.7 Å². The average Bonchev–Trinajstić information content (AvgIpc) is 2.28. The lowest BCUT2D eigenvalue weighted by atomic mass is 10.2. The molecule has 1 amide bonds. The lowest BCUT2D eigenvalue weighted by Gasteiger charge is -2.21. The normalized spacial score (nSPS) is 12.2. The Morgan fingerprint density at radius 2 is 2.29 bits per heavy atom. The summed E-state index contributed by atoms with van der Waals surface area (Å²) in [5.74, 6) is -0.0762. The molecule has 1 heterocycles. The van der Waals surface area contributed by atoms with Gasteiger partial charge in [0, 0.05) is 39.1 Å². The van der Waals surface area contributed by atoms with Gasteiger partial charge in [0.2, 0.25) is 0 Å². The van der Waals surface area contributed by atoms with Gasteiger partial charge in [0.25, 0.3) is 5.91 Å². The molecule has 0 bridgehead atoms. The van der Waals surface area contributed by atoms with Crippen molar-refractivity contribution in [2.24, 2.45) is 5.73 Å².